The molecule has 0 aliphatic carbocycles. The summed E-state index contributed by atoms with van der Waals surface area (Å²) in [4.78, 5) is 14.9. The van der Waals surface area contributed by atoms with E-state index in [1.165, 1.54) is 10.7 Å². The second-order valence-electron chi connectivity index (χ2n) is 7.62. The lowest BCUT2D eigenvalue weighted by molar-refractivity contribution is -0.137. The van der Waals surface area contributed by atoms with Crippen LogP contribution in [0.3, 0.4) is 0 Å². The number of rotatable bonds is 6. The van der Waals surface area contributed by atoms with Gasteiger partial charge in [-0.1, -0.05) is 6.07 Å². The van der Waals surface area contributed by atoms with Crippen molar-refractivity contribution in [3.8, 4) is 11.8 Å². The highest BCUT2D eigenvalue weighted by molar-refractivity contribution is 5.79. The first-order valence-corrected chi connectivity index (χ1v) is 10.2. The van der Waals surface area contributed by atoms with Gasteiger partial charge in [0.15, 0.2) is 0 Å². The molecule has 9 heteroatoms. The van der Waals surface area contributed by atoms with Crippen LogP contribution in [0.5, 0.6) is 0 Å². The molecule has 1 aliphatic heterocycles. The highest BCUT2D eigenvalue weighted by Gasteiger charge is 2.31. The predicted molar refractivity (Wildman–Crippen MR) is 108 cm³/mol. The fraction of sp³-hybridized carbons (Fsp3) is 0.500. The van der Waals surface area contributed by atoms with Crippen molar-refractivity contribution in [2.45, 2.75) is 51.7 Å². The highest BCUT2D eigenvalue weighted by Crippen LogP contribution is 2.31. The Hall–Kier alpha value is -2.86. The smallest absolute Gasteiger partial charge is 0.381 e. The Labute approximate surface area is 179 Å². The van der Waals surface area contributed by atoms with Gasteiger partial charge in [0.05, 0.1) is 35.9 Å². The SMILES string of the molecule is Cc1nn(-c2cccc(C(F)(F)F)c2)c(C)c1CC(=O)N(CCC#N)C1CCOCC1. The predicted octanol–water partition coefficient (Wildman–Crippen LogP) is 3.97. The van der Waals surface area contributed by atoms with Gasteiger partial charge in [-0.2, -0.15) is 23.5 Å². The molecule has 0 radical (unpaired) electrons. The summed E-state index contributed by atoms with van der Waals surface area (Å²) in [5.41, 5.74) is 1.45. The normalized spacial score (nSPS) is 15.0. The maximum absolute atomic E-state index is 13.1. The van der Waals surface area contributed by atoms with Gasteiger partial charge in [0, 0.05) is 37.1 Å². The first-order valence-electron chi connectivity index (χ1n) is 10.2. The fourth-order valence-corrected chi connectivity index (χ4v) is 3.93. The molecule has 1 fully saturated rings. The summed E-state index contributed by atoms with van der Waals surface area (Å²) in [5.74, 6) is -0.114. The largest absolute Gasteiger partial charge is 0.416 e. The minimum absolute atomic E-state index is 0.0220. The molecule has 0 atom stereocenters. The van der Waals surface area contributed by atoms with Gasteiger partial charge in [-0.3, -0.25) is 4.79 Å². The average molecular weight is 434 g/mol. The zero-order valence-corrected chi connectivity index (χ0v) is 17.6. The number of nitriles is 1. The van der Waals surface area contributed by atoms with Crippen LogP contribution in [0.2, 0.25) is 0 Å². The van der Waals surface area contributed by atoms with E-state index in [9.17, 15) is 18.0 Å². The zero-order valence-electron chi connectivity index (χ0n) is 17.6. The van der Waals surface area contributed by atoms with Gasteiger partial charge in [-0.05, 0) is 44.9 Å². The van der Waals surface area contributed by atoms with E-state index in [0.29, 0.717) is 42.4 Å². The summed E-state index contributed by atoms with van der Waals surface area (Å²) in [6.07, 6.45) is -2.68. The second kappa shape index (κ2) is 9.52. The van der Waals surface area contributed by atoms with E-state index >= 15 is 0 Å². The third-order valence-corrected chi connectivity index (χ3v) is 5.60. The van der Waals surface area contributed by atoms with Gasteiger partial charge >= 0.3 is 6.18 Å². The van der Waals surface area contributed by atoms with Crippen LogP contribution in [-0.2, 0) is 22.1 Å². The third-order valence-electron chi connectivity index (χ3n) is 5.60. The van der Waals surface area contributed by atoms with Gasteiger partial charge < -0.3 is 9.64 Å². The van der Waals surface area contributed by atoms with E-state index in [0.717, 1.165) is 25.0 Å². The van der Waals surface area contributed by atoms with Crippen LogP contribution in [0.1, 0.15) is 41.8 Å². The lowest BCUT2D eigenvalue weighted by atomic mass is 10.0. The van der Waals surface area contributed by atoms with Crippen LogP contribution in [0.4, 0.5) is 13.2 Å². The fourth-order valence-electron chi connectivity index (χ4n) is 3.93. The Kier molecular flexibility index (Phi) is 7.01. The molecule has 1 aromatic heterocycles. The highest BCUT2D eigenvalue weighted by atomic mass is 19.4. The molecule has 31 heavy (non-hydrogen) atoms. The molecule has 0 N–H and O–H groups in total. The van der Waals surface area contributed by atoms with E-state index in [4.69, 9.17) is 10.00 Å². The Morgan fingerprint density at radius 1 is 1.32 bits per heavy atom. The van der Waals surface area contributed by atoms with Crippen LogP contribution in [0.15, 0.2) is 24.3 Å². The van der Waals surface area contributed by atoms with Crippen molar-refractivity contribution >= 4 is 5.91 Å². The topological polar surface area (TPSA) is 71.2 Å². The Bertz CT molecular complexity index is 972. The standard InChI is InChI=1S/C22H25F3N4O2/c1-15-20(14-21(30)28(10-4-9-26)18-7-11-31-12-8-18)16(2)29(27-15)19-6-3-5-17(13-19)22(23,24)25/h3,5-6,13,18H,4,7-8,10-12,14H2,1-2H3. The number of hydrogen-bond donors (Lipinski definition) is 0. The number of ether oxygens (including phenoxy) is 1. The van der Waals surface area contributed by atoms with Crippen molar-refractivity contribution in [3.63, 3.8) is 0 Å². The number of aryl methyl sites for hydroxylation is 1. The number of amides is 1. The van der Waals surface area contributed by atoms with Crippen LogP contribution >= 0.6 is 0 Å². The molecule has 0 bridgehead atoms. The summed E-state index contributed by atoms with van der Waals surface area (Å²) in [7, 11) is 0. The van der Waals surface area contributed by atoms with Gasteiger partial charge in [-0.15, -0.1) is 0 Å². The van der Waals surface area contributed by atoms with Crippen LogP contribution in [-0.4, -0.2) is 46.4 Å². The number of benzene rings is 1. The number of carbonyl (C=O) groups is 1. The number of aromatic nitrogens is 2. The first-order chi connectivity index (χ1) is 14.7. The lowest BCUT2D eigenvalue weighted by Gasteiger charge is -2.34. The van der Waals surface area contributed by atoms with Crippen LogP contribution in [0.25, 0.3) is 5.69 Å². The molecular formula is C22H25F3N4O2. The van der Waals surface area contributed by atoms with E-state index in [2.05, 4.69) is 11.2 Å². The summed E-state index contributed by atoms with van der Waals surface area (Å²) >= 11 is 0. The van der Waals surface area contributed by atoms with E-state index in [1.807, 2.05) is 0 Å². The minimum atomic E-state index is -4.45. The lowest BCUT2D eigenvalue weighted by Crippen LogP contribution is -2.44. The molecule has 1 aliphatic rings. The second-order valence-corrected chi connectivity index (χ2v) is 7.62. The number of carbonyl (C=O) groups excluding carboxylic acids is 1. The molecule has 1 saturated heterocycles. The van der Waals surface area contributed by atoms with Crippen molar-refractivity contribution in [1.29, 1.82) is 5.26 Å². The van der Waals surface area contributed by atoms with Crippen LogP contribution in [0, 0.1) is 25.2 Å². The summed E-state index contributed by atoms with van der Waals surface area (Å²) < 4.78 is 46.1. The maximum atomic E-state index is 13.1. The Morgan fingerprint density at radius 2 is 2.03 bits per heavy atom. The molecule has 1 amide bonds. The van der Waals surface area contributed by atoms with Crippen molar-refractivity contribution in [2.24, 2.45) is 0 Å². The average Bonchev–Trinajstić information content (AvgIpc) is 3.02. The van der Waals surface area contributed by atoms with E-state index in [-0.39, 0.29) is 24.8 Å². The molecular weight excluding hydrogens is 409 g/mol. The molecule has 1 aromatic carbocycles. The van der Waals surface area contributed by atoms with Gasteiger partial charge in [0.25, 0.3) is 0 Å². The van der Waals surface area contributed by atoms with Gasteiger partial charge in [-0.25, -0.2) is 4.68 Å². The van der Waals surface area contributed by atoms with Crippen molar-refractivity contribution in [1.82, 2.24) is 14.7 Å². The third kappa shape index (κ3) is 5.25. The molecule has 2 aromatic rings. The summed E-state index contributed by atoms with van der Waals surface area (Å²) in [5, 5.41) is 13.4. The van der Waals surface area contributed by atoms with Gasteiger partial charge in [0.1, 0.15) is 0 Å². The molecule has 2 heterocycles. The van der Waals surface area contributed by atoms with Gasteiger partial charge in [0.2, 0.25) is 5.91 Å². The summed E-state index contributed by atoms with van der Waals surface area (Å²) in [6, 6.07) is 7.07. The number of nitrogens with zero attached hydrogens (tertiary/aromatic N) is 4. The number of alkyl halides is 3. The van der Waals surface area contributed by atoms with Crippen LogP contribution < -0.4 is 0 Å². The Balaban J connectivity index is 1.86. The maximum Gasteiger partial charge on any atom is 0.416 e. The molecule has 0 unspecified atom stereocenters. The van der Waals surface area contributed by atoms with Crippen molar-refractivity contribution in [3.05, 3.63) is 46.8 Å². The quantitative estimate of drug-likeness (QED) is 0.690. The van der Waals surface area contributed by atoms with Crippen molar-refractivity contribution < 1.29 is 22.7 Å². The zero-order chi connectivity index (χ0) is 22.6. The summed E-state index contributed by atoms with van der Waals surface area (Å²) in [6.45, 7) is 4.99. The monoisotopic (exact) mass is 434 g/mol. The first kappa shape index (κ1) is 22.8. The minimum Gasteiger partial charge on any atom is -0.381 e. The molecule has 3 rings (SSSR count). The molecule has 166 valence electrons. The molecule has 6 nitrogen and oxygen atoms in total. The Morgan fingerprint density at radius 3 is 2.68 bits per heavy atom. The van der Waals surface area contributed by atoms with E-state index < -0.39 is 11.7 Å². The molecule has 0 spiro atoms. The van der Waals surface area contributed by atoms with Crippen molar-refractivity contribution in [2.75, 3.05) is 19.8 Å². The molecule has 0 saturated carbocycles. The number of hydrogen-bond acceptors (Lipinski definition) is 4. The number of halogens is 3. The van der Waals surface area contributed by atoms with E-state index in [1.54, 1.807) is 24.8 Å².